The summed E-state index contributed by atoms with van der Waals surface area (Å²) in [4.78, 5) is 13.6. The van der Waals surface area contributed by atoms with Crippen molar-refractivity contribution in [3.63, 3.8) is 0 Å². The van der Waals surface area contributed by atoms with Gasteiger partial charge >= 0.3 is 0 Å². The first-order valence-corrected chi connectivity index (χ1v) is 5.80. The number of nitrogens with zero attached hydrogens (tertiary/aromatic N) is 1. The zero-order valence-electron chi connectivity index (χ0n) is 9.92. The van der Waals surface area contributed by atoms with Gasteiger partial charge in [0.2, 0.25) is 0 Å². The van der Waals surface area contributed by atoms with Crippen molar-refractivity contribution in [1.29, 1.82) is 0 Å². The second-order valence-corrected chi connectivity index (χ2v) is 4.70. The fraction of sp³-hybridized carbons (Fsp3) is 0.917. The number of hydrogen-bond acceptors (Lipinski definition) is 2. The highest BCUT2D eigenvalue weighted by molar-refractivity contribution is 5.81. The molecular formula is C12H23NO. The molecule has 1 rings (SSSR count). The lowest BCUT2D eigenvalue weighted by molar-refractivity contribution is -0.121. The molecule has 0 saturated carbocycles. The van der Waals surface area contributed by atoms with Gasteiger partial charge in [0, 0.05) is 6.04 Å². The second kappa shape index (κ2) is 4.92. The Morgan fingerprint density at radius 1 is 1.50 bits per heavy atom. The lowest BCUT2D eigenvalue weighted by Crippen LogP contribution is -2.39. The van der Waals surface area contributed by atoms with Gasteiger partial charge in [-0.1, -0.05) is 20.3 Å². The summed E-state index contributed by atoms with van der Waals surface area (Å²) in [7, 11) is 2.11. The van der Waals surface area contributed by atoms with Crippen LogP contribution in [0, 0.1) is 5.92 Å². The van der Waals surface area contributed by atoms with Gasteiger partial charge in [0.25, 0.3) is 0 Å². The van der Waals surface area contributed by atoms with Crippen molar-refractivity contribution in [1.82, 2.24) is 4.90 Å². The van der Waals surface area contributed by atoms with Crippen LogP contribution in [0.4, 0.5) is 0 Å². The quantitative estimate of drug-likeness (QED) is 0.690. The average Bonchev–Trinajstić information content (AvgIpc) is 2.47. The zero-order valence-corrected chi connectivity index (χ0v) is 9.92. The number of likely N-dealkylation sites (tertiary alicyclic amines) is 1. The van der Waals surface area contributed by atoms with E-state index < -0.39 is 0 Å². The molecule has 0 N–H and O–H groups in total. The minimum absolute atomic E-state index is 0.194. The summed E-state index contributed by atoms with van der Waals surface area (Å²) in [5.41, 5.74) is 0. The number of ketones is 1. The van der Waals surface area contributed by atoms with Crippen LogP contribution in [-0.2, 0) is 4.79 Å². The van der Waals surface area contributed by atoms with Crippen LogP contribution < -0.4 is 0 Å². The van der Waals surface area contributed by atoms with Crippen LogP contribution in [0.25, 0.3) is 0 Å². The van der Waals surface area contributed by atoms with E-state index in [1.165, 1.54) is 19.3 Å². The van der Waals surface area contributed by atoms with Crippen molar-refractivity contribution in [2.45, 2.75) is 58.5 Å². The third-order valence-electron chi connectivity index (χ3n) is 3.62. The normalized spacial score (nSPS) is 30.6. The molecule has 1 fully saturated rings. The number of likely N-dealkylation sites (N-methyl/N-ethyl adjacent to an activating group) is 1. The lowest BCUT2D eigenvalue weighted by Gasteiger charge is -2.28. The molecule has 1 saturated heterocycles. The van der Waals surface area contributed by atoms with Gasteiger partial charge in [0.15, 0.2) is 0 Å². The molecule has 0 aromatic carbocycles. The Morgan fingerprint density at radius 2 is 2.14 bits per heavy atom. The molecule has 0 spiro atoms. The highest BCUT2D eigenvalue weighted by atomic mass is 16.1. The summed E-state index contributed by atoms with van der Waals surface area (Å²) < 4.78 is 0. The van der Waals surface area contributed by atoms with Crippen molar-refractivity contribution in [3.8, 4) is 0 Å². The largest absolute Gasteiger partial charge is 0.298 e. The number of hydrogen-bond donors (Lipinski definition) is 0. The summed E-state index contributed by atoms with van der Waals surface area (Å²) in [6.45, 7) is 6.26. The molecule has 0 radical (unpaired) electrons. The molecule has 0 bridgehead atoms. The third kappa shape index (κ3) is 2.35. The number of carbonyl (C=O) groups is 1. The smallest absolute Gasteiger partial charge is 0.146 e. The first-order chi connectivity index (χ1) is 6.57. The SMILES string of the molecule is CCCC(C)C1CCC(C(C)=O)N1C. The van der Waals surface area contributed by atoms with Gasteiger partial charge in [0.1, 0.15) is 5.78 Å². The van der Waals surface area contributed by atoms with E-state index in [0.29, 0.717) is 11.8 Å². The van der Waals surface area contributed by atoms with Gasteiger partial charge < -0.3 is 0 Å². The molecule has 1 aliphatic heterocycles. The van der Waals surface area contributed by atoms with Crippen molar-refractivity contribution < 1.29 is 4.79 Å². The maximum Gasteiger partial charge on any atom is 0.146 e. The molecule has 0 aliphatic carbocycles. The Labute approximate surface area is 87.7 Å². The van der Waals surface area contributed by atoms with Crippen molar-refractivity contribution >= 4 is 5.78 Å². The van der Waals surface area contributed by atoms with Crippen molar-refractivity contribution in [2.75, 3.05) is 7.05 Å². The summed E-state index contributed by atoms with van der Waals surface area (Å²) >= 11 is 0. The standard InChI is InChI=1S/C12H23NO/c1-5-6-9(2)11-7-8-12(10(3)14)13(11)4/h9,11-12H,5-8H2,1-4H3. The van der Waals surface area contributed by atoms with Crippen LogP contribution in [0.3, 0.4) is 0 Å². The minimum atomic E-state index is 0.194. The van der Waals surface area contributed by atoms with E-state index in [1.54, 1.807) is 6.92 Å². The molecule has 1 aliphatic rings. The average molecular weight is 197 g/mol. The number of Topliss-reactive ketones (excluding diaryl/α,β-unsaturated/α-hetero) is 1. The highest BCUT2D eigenvalue weighted by Gasteiger charge is 2.35. The maximum atomic E-state index is 11.3. The van der Waals surface area contributed by atoms with Gasteiger partial charge in [-0.25, -0.2) is 0 Å². The van der Waals surface area contributed by atoms with Crippen LogP contribution in [0.5, 0.6) is 0 Å². The fourth-order valence-electron chi connectivity index (χ4n) is 2.79. The lowest BCUT2D eigenvalue weighted by atomic mass is 9.95. The maximum absolute atomic E-state index is 11.3. The molecule has 0 amide bonds. The monoisotopic (exact) mass is 197 g/mol. The van der Waals surface area contributed by atoms with Crippen LogP contribution in [-0.4, -0.2) is 29.8 Å². The Hall–Kier alpha value is -0.370. The first kappa shape index (κ1) is 11.7. The molecule has 0 aromatic rings. The van der Waals surface area contributed by atoms with Gasteiger partial charge in [-0.15, -0.1) is 0 Å². The Bertz CT molecular complexity index is 202. The van der Waals surface area contributed by atoms with E-state index in [1.807, 2.05) is 0 Å². The number of rotatable bonds is 4. The number of carbonyl (C=O) groups excluding carboxylic acids is 1. The highest BCUT2D eigenvalue weighted by Crippen LogP contribution is 2.29. The van der Waals surface area contributed by atoms with Crippen LogP contribution in [0.15, 0.2) is 0 Å². The summed E-state index contributed by atoms with van der Waals surface area (Å²) in [5.74, 6) is 1.06. The van der Waals surface area contributed by atoms with E-state index in [4.69, 9.17) is 0 Å². The predicted octanol–water partition coefficient (Wildman–Crippen LogP) is 2.47. The van der Waals surface area contributed by atoms with Crippen LogP contribution in [0.2, 0.25) is 0 Å². The summed E-state index contributed by atoms with van der Waals surface area (Å²) in [6.07, 6.45) is 4.78. The molecule has 3 unspecified atom stereocenters. The molecule has 0 aromatic heterocycles. The molecule has 3 atom stereocenters. The molecule has 2 heteroatoms. The molecule has 1 heterocycles. The first-order valence-electron chi connectivity index (χ1n) is 5.80. The predicted molar refractivity (Wildman–Crippen MR) is 59.3 cm³/mol. The van der Waals surface area contributed by atoms with E-state index in [-0.39, 0.29) is 6.04 Å². The fourth-order valence-corrected chi connectivity index (χ4v) is 2.79. The topological polar surface area (TPSA) is 20.3 Å². The summed E-state index contributed by atoms with van der Waals surface area (Å²) in [5, 5.41) is 0. The minimum Gasteiger partial charge on any atom is -0.298 e. The zero-order chi connectivity index (χ0) is 10.7. The van der Waals surface area contributed by atoms with E-state index in [0.717, 1.165) is 12.3 Å². The van der Waals surface area contributed by atoms with Gasteiger partial charge in [-0.2, -0.15) is 0 Å². The molecule has 82 valence electrons. The second-order valence-electron chi connectivity index (χ2n) is 4.70. The van der Waals surface area contributed by atoms with E-state index >= 15 is 0 Å². The van der Waals surface area contributed by atoms with Gasteiger partial charge in [-0.05, 0) is 39.2 Å². The van der Waals surface area contributed by atoms with Crippen molar-refractivity contribution in [2.24, 2.45) is 5.92 Å². The molecular weight excluding hydrogens is 174 g/mol. The molecule has 14 heavy (non-hydrogen) atoms. The molecule has 2 nitrogen and oxygen atoms in total. The van der Waals surface area contributed by atoms with E-state index in [9.17, 15) is 4.79 Å². The Kier molecular flexibility index (Phi) is 4.11. The van der Waals surface area contributed by atoms with Crippen LogP contribution >= 0.6 is 0 Å². The van der Waals surface area contributed by atoms with Crippen LogP contribution in [0.1, 0.15) is 46.5 Å². The third-order valence-corrected chi connectivity index (χ3v) is 3.62. The van der Waals surface area contributed by atoms with Gasteiger partial charge in [-0.3, -0.25) is 9.69 Å². The Morgan fingerprint density at radius 3 is 2.57 bits per heavy atom. The van der Waals surface area contributed by atoms with Gasteiger partial charge in [0.05, 0.1) is 6.04 Å². The van der Waals surface area contributed by atoms with Crippen molar-refractivity contribution in [3.05, 3.63) is 0 Å². The van der Waals surface area contributed by atoms with E-state index in [2.05, 4.69) is 25.8 Å². The summed E-state index contributed by atoms with van der Waals surface area (Å²) in [6, 6.07) is 0.822. The Balaban J connectivity index is 2.54.